The second-order valence-electron chi connectivity index (χ2n) is 3.88. The lowest BCUT2D eigenvalue weighted by Gasteiger charge is -2.30. The Labute approximate surface area is 107 Å². The first-order chi connectivity index (χ1) is 7.18. The van der Waals surface area contributed by atoms with Crippen LogP contribution in [-0.2, 0) is 0 Å². The van der Waals surface area contributed by atoms with Crippen molar-refractivity contribution in [3.63, 3.8) is 0 Å². The number of piperidine rings is 1. The first-order valence-electron chi connectivity index (χ1n) is 5.18. The van der Waals surface area contributed by atoms with E-state index in [1.165, 1.54) is 24.9 Å². The lowest BCUT2D eigenvalue weighted by molar-refractivity contribution is 0.576. The van der Waals surface area contributed by atoms with E-state index in [0.717, 1.165) is 27.7 Å². The van der Waals surface area contributed by atoms with Gasteiger partial charge in [0.1, 0.15) is 0 Å². The van der Waals surface area contributed by atoms with Crippen molar-refractivity contribution >= 4 is 43.2 Å². The molecule has 1 aromatic rings. The third kappa shape index (κ3) is 2.48. The maximum absolute atomic E-state index is 5.78. The standard InChI is InChI=1S/C11H14Br2N2/c12-9-6-8(14)7-10(13)11(9)15-4-2-1-3-5-15/h6-7H,1-5,14H2. The van der Waals surface area contributed by atoms with E-state index in [0.29, 0.717) is 0 Å². The zero-order valence-corrected chi connectivity index (χ0v) is 11.6. The predicted molar refractivity (Wildman–Crippen MR) is 72.3 cm³/mol. The highest BCUT2D eigenvalue weighted by Gasteiger charge is 2.16. The Morgan fingerprint density at radius 1 is 1.00 bits per heavy atom. The van der Waals surface area contributed by atoms with E-state index in [-0.39, 0.29) is 0 Å². The number of anilines is 2. The summed E-state index contributed by atoms with van der Waals surface area (Å²) in [7, 11) is 0. The van der Waals surface area contributed by atoms with Crippen molar-refractivity contribution in [3.05, 3.63) is 21.1 Å². The van der Waals surface area contributed by atoms with Crippen LogP contribution in [0.2, 0.25) is 0 Å². The topological polar surface area (TPSA) is 29.3 Å². The summed E-state index contributed by atoms with van der Waals surface area (Å²) >= 11 is 7.16. The molecule has 0 radical (unpaired) electrons. The molecule has 2 N–H and O–H groups in total. The number of nitrogen functional groups attached to an aromatic ring is 1. The average molecular weight is 334 g/mol. The van der Waals surface area contributed by atoms with Gasteiger partial charge in [0.25, 0.3) is 0 Å². The molecule has 1 aliphatic rings. The van der Waals surface area contributed by atoms with E-state index in [4.69, 9.17) is 5.73 Å². The molecule has 0 saturated carbocycles. The van der Waals surface area contributed by atoms with Crippen LogP contribution >= 0.6 is 31.9 Å². The van der Waals surface area contributed by atoms with E-state index >= 15 is 0 Å². The smallest absolute Gasteiger partial charge is 0.0656 e. The molecule has 2 rings (SSSR count). The fourth-order valence-corrected chi connectivity index (χ4v) is 3.73. The monoisotopic (exact) mass is 332 g/mol. The van der Waals surface area contributed by atoms with Gasteiger partial charge in [-0.2, -0.15) is 0 Å². The number of hydrogen-bond donors (Lipinski definition) is 1. The Balaban J connectivity index is 2.33. The second-order valence-corrected chi connectivity index (χ2v) is 5.59. The van der Waals surface area contributed by atoms with Gasteiger partial charge in [-0.15, -0.1) is 0 Å². The maximum Gasteiger partial charge on any atom is 0.0656 e. The lowest BCUT2D eigenvalue weighted by atomic mass is 10.1. The molecule has 1 aliphatic heterocycles. The normalized spacial score (nSPS) is 16.8. The van der Waals surface area contributed by atoms with Crippen molar-refractivity contribution in [2.45, 2.75) is 19.3 Å². The Kier molecular flexibility index (Phi) is 3.57. The van der Waals surface area contributed by atoms with Crippen molar-refractivity contribution in [2.75, 3.05) is 23.7 Å². The van der Waals surface area contributed by atoms with Gasteiger partial charge in [-0.1, -0.05) is 0 Å². The Morgan fingerprint density at radius 3 is 2.07 bits per heavy atom. The number of benzene rings is 1. The summed E-state index contributed by atoms with van der Waals surface area (Å²) in [5, 5.41) is 0. The minimum atomic E-state index is 0.787. The van der Waals surface area contributed by atoms with Crippen LogP contribution in [-0.4, -0.2) is 13.1 Å². The summed E-state index contributed by atoms with van der Waals surface area (Å²) in [6.45, 7) is 2.28. The summed E-state index contributed by atoms with van der Waals surface area (Å²) in [5.74, 6) is 0. The molecular weight excluding hydrogens is 320 g/mol. The average Bonchev–Trinajstić information content (AvgIpc) is 2.17. The molecule has 1 aromatic carbocycles. The molecule has 15 heavy (non-hydrogen) atoms. The zero-order valence-electron chi connectivity index (χ0n) is 8.47. The molecule has 0 spiro atoms. The third-order valence-corrected chi connectivity index (χ3v) is 3.92. The van der Waals surface area contributed by atoms with Crippen LogP contribution in [0.1, 0.15) is 19.3 Å². The van der Waals surface area contributed by atoms with E-state index in [9.17, 15) is 0 Å². The van der Waals surface area contributed by atoms with Crippen LogP contribution in [0.15, 0.2) is 21.1 Å². The van der Waals surface area contributed by atoms with E-state index in [2.05, 4.69) is 36.8 Å². The lowest BCUT2D eigenvalue weighted by Crippen LogP contribution is -2.30. The summed E-state index contributed by atoms with van der Waals surface area (Å²) in [6.07, 6.45) is 3.91. The number of nitrogens with two attached hydrogens (primary N) is 1. The molecule has 1 saturated heterocycles. The van der Waals surface area contributed by atoms with Gasteiger partial charge in [-0.25, -0.2) is 0 Å². The van der Waals surface area contributed by atoms with Crippen molar-refractivity contribution < 1.29 is 0 Å². The molecule has 82 valence electrons. The fourth-order valence-electron chi connectivity index (χ4n) is 2.00. The SMILES string of the molecule is Nc1cc(Br)c(N2CCCCC2)c(Br)c1. The highest BCUT2D eigenvalue weighted by molar-refractivity contribution is 9.11. The van der Waals surface area contributed by atoms with Crippen molar-refractivity contribution in [1.29, 1.82) is 0 Å². The summed E-state index contributed by atoms with van der Waals surface area (Å²) in [5.41, 5.74) is 7.81. The number of nitrogens with zero attached hydrogens (tertiary/aromatic N) is 1. The van der Waals surface area contributed by atoms with Crippen LogP contribution in [0, 0.1) is 0 Å². The first-order valence-corrected chi connectivity index (χ1v) is 6.76. The molecule has 0 aliphatic carbocycles. The van der Waals surface area contributed by atoms with Gasteiger partial charge >= 0.3 is 0 Å². The van der Waals surface area contributed by atoms with Gasteiger partial charge in [0.05, 0.1) is 5.69 Å². The van der Waals surface area contributed by atoms with Gasteiger partial charge in [0.15, 0.2) is 0 Å². The fraction of sp³-hybridized carbons (Fsp3) is 0.455. The quantitative estimate of drug-likeness (QED) is 0.792. The molecular formula is C11H14Br2N2. The Bertz CT molecular complexity index is 337. The molecule has 1 fully saturated rings. The van der Waals surface area contributed by atoms with Gasteiger partial charge in [-0.3, -0.25) is 0 Å². The number of rotatable bonds is 1. The van der Waals surface area contributed by atoms with Crippen LogP contribution in [0.5, 0.6) is 0 Å². The van der Waals surface area contributed by atoms with Crippen molar-refractivity contribution in [1.82, 2.24) is 0 Å². The summed E-state index contributed by atoms with van der Waals surface area (Å²) < 4.78 is 2.16. The minimum Gasteiger partial charge on any atom is -0.399 e. The second kappa shape index (κ2) is 4.74. The van der Waals surface area contributed by atoms with Crippen LogP contribution < -0.4 is 10.6 Å². The maximum atomic E-state index is 5.78. The molecule has 0 atom stereocenters. The van der Waals surface area contributed by atoms with Crippen LogP contribution in [0.3, 0.4) is 0 Å². The number of halogens is 2. The Morgan fingerprint density at radius 2 is 1.53 bits per heavy atom. The number of hydrogen-bond acceptors (Lipinski definition) is 2. The van der Waals surface area contributed by atoms with Crippen molar-refractivity contribution in [3.8, 4) is 0 Å². The molecule has 2 nitrogen and oxygen atoms in total. The summed E-state index contributed by atoms with van der Waals surface area (Å²) in [4.78, 5) is 2.41. The molecule has 4 heteroatoms. The highest BCUT2D eigenvalue weighted by atomic mass is 79.9. The van der Waals surface area contributed by atoms with E-state index in [1.54, 1.807) is 0 Å². The largest absolute Gasteiger partial charge is 0.399 e. The molecule has 0 amide bonds. The summed E-state index contributed by atoms with van der Waals surface area (Å²) in [6, 6.07) is 3.93. The van der Waals surface area contributed by atoms with E-state index in [1.807, 2.05) is 12.1 Å². The first kappa shape index (κ1) is 11.3. The van der Waals surface area contributed by atoms with Crippen LogP contribution in [0.4, 0.5) is 11.4 Å². The zero-order chi connectivity index (χ0) is 10.8. The molecule has 0 aromatic heterocycles. The third-order valence-electron chi connectivity index (χ3n) is 2.71. The van der Waals surface area contributed by atoms with E-state index < -0.39 is 0 Å². The minimum absolute atomic E-state index is 0.787. The Hall–Kier alpha value is -0.220. The predicted octanol–water partition coefficient (Wildman–Crippen LogP) is 3.78. The van der Waals surface area contributed by atoms with Gasteiger partial charge in [-0.05, 0) is 63.3 Å². The van der Waals surface area contributed by atoms with Crippen molar-refractivity contribution in [2.24, 2.45) is 0 Å². The van der Waals surface area contributed by atoms with Crippen LogP contribution in [0.25, 0.3) is 0 Å². The molecule has 0 bridgehead atoms. The highest BCUT2D eigenvalue weighted by Crippen LogP contribution is 2.37. The van der Waals surface area contributed by atoms with Gasteiger partial charge in [0.2, 0.25) is 0 Å². The van der Waals surface area contributed by atoms with Gasteiger partial charge < -0.3 is 10.6 Å². The van der Waals surface area contributed by atoms with Gasteiger partial charge in [0, 0.05) is 27.7 Å². The molecule has 0 unspecified atom stereocenters. The molecule has 1 heterocycles.